The number of pyridine rings is 4. The lowest BCUT2D eigenvalue weighted by atomic mass is 10.1. The molecule has 0 aliphatic carbocycles. The molecule has 0 aliphatic heterocycles. The monoisotopic (exact) mass is 592 g/mol. The molecule has 0 spiro atoms. The Kier molecular flexibility index (Phi) is 4.43. The van der Waals surface area contributed by atoms with Crippen LogP contribution in [0.1, 0.15) is 0 Å². The van der Waals surface area contributed by atoms with E-state index in [1.54, 1.807) is 0 Å². The van der Waals surface area contributed by atoms with E-state index in [-0.39, 0.29) is 0 Å². The fourth-order valence-corrected chi connectivity index (χ4v) is 7.23. The quantitative estimate of drug-likeness (QED) is 0.199. The van der Waals surface area contributed by atoms with E-state index in [0.29, 0.717) is 0 Å². The molecule has 8 heteroatoms. The summed E-state index contributed by atoms with van der Waals surface area (Å²) in [5, 5.41) is 4.01. The van der Waals surface area contributed by atoms with Gasteiger partial charge in [-0.2, -0.15) is 0 Å². The van der Waals surface area contributed by atoms with E-state index in [0.717, 1.165) is 99.4 Å². The highest BCUT2D eigenvalue weighted by Crippen LogP contribution is 2.42. The average Bonchev–Trinajstić information content (AvgIpc) is 3.85. The van der Waals surface area contributed by atoms with Crippen LogP contribution in [0.2, 0.25) is 0 Å². The zero-order valence-corrected chi connectivity index (χ0v) is 24.0. The van der Waals surface area contributed by atoms with Gasteiger partial charge in [0.1, 0.15) is 33.2 Å². The lowest BCUT2D eigenvalue weighted by molar-refractivity contribution is 0.661. The van der Waals surface area contributed by atoms with Gasteiger partial charge in [-0.25, -0.2) is 0 Å². The third-order valence-corrected chi connectivity index (χ3v) is 9.11. The number of aromatic nitrogens is 6. The van der Waals surface area contributed by atoms with Crippen molar-refractivity contribution in [3.05, 3.63) is 122 Å². The number of rotatable bonds is 2. The van der Waals surface area contributed by atoms with Gasteiger partial charge in [0.2, 0.25) is 0 Å². The second-order valence-corrected chi connectivity index (χ2v) is 11.5. The fraction of sp³-hybridized carbons (Fsp3) is 0. The SMILES string of the molecule is c1cc(-n2c3cccnc3c3ncccc32)c2oc3cc4c(cc3c2c1)oc1c(-n2c3cccnc3c3ncccc32)cccc14. The van der Waals surface area contributed by atoms with Gasteiger partial charge in [0.15, 0.2) is 11.2 Å². The van der Waals surface area contributed by atoms with Crippen LogP contribution in [0.15, 0.2) is 131 Å². The van der Waals surface area contributed by atoms with Crippen molar-refractivity contribution >= 4 is 88.0 Å². The van der Waals surface area contributed by atoms with Gasteiger partial charge in [0, 0.05) is 46.3 Å². The van der Waals surface area contributed by atoms with Crippen molar-refractivity contribution in [3.63, 3.8) is 0 Å². The van der Waals surface area contributed by atoms with E-state index >= 15 is 0 Å². The second kappa shape index (κ2) is 8.55. The molecule has 46 heavy (non-hydrogen) atoms. The lowest BCUT2D eigenvalue weighted by Crippen LogP contribution is -1.94. The van der Waals surface area contributed by atoms with Crippen LogP contribution < -0.4 is 0 Å². The Morgan fingerprint density at radius 2 is 0.761 bits per heavy atom. The maximum absolute atomic E-state index is 6.72. The minimum Gasteiger partial charge on any atom is -0.454 e. The molecule has 8 heterocycles. The summed E-state index contributed by atoms with van der Waals surface area (Å²) in [6.07, 6.45) is 7.23. The van der Waals surface area contributed by atoms with E-state index < -0.39 is 0 Å². The topological polar surface area (TPSA) is 87.7 Å². The van der Waals surface area contributed by atoms with Crippen molar-refractivity contribution in [2.24, 2.45) is 0 Å². The number of furan rings is 2. The third-order valence-electron chi connectivity index (χ3n) is 9.11. The number of hydrogen-bond donors (Lipinski definition) is 0. The van der Waals surface area contributed by atoms with Gasteiger partial charge in [-0.1, -0.05) is 24.3 Å². The summed E-state index contributed by atoms with van der Waals surface area (Å²) in [6.45, 7) is 0. The van der Waals surface area contributed by atoms with Gasteiger partial charge < -0.3 is 18.0 Å². The van der Waals surface area contributed by atoms with Crippen molar-refractivity contribution in [1.29, 1.82) is 0 Å². The van der Waals surface area contributed by atoms with Gasteiger partial charge in [-0.15, -0.1) is 0 Å². The number of benzene rings is 3. The molecule has 0 saturated heterocycles. The average molecular weight is 593 g/mol. The normalized spacial score (nSPS) is 12.3. The maximum Gasteiger partial charge on any atom is 0.159 e. The molecule has 11 rings (SSSR count). The van der Waals surface area contributed by atoms with Crippen molar-refractivity contribution in [3.8, 4) is 11.4 Å². The lowest BCUT2D eigenvalue weighted by Gasteiger charge is -2.07. The van der Waals surface area contributed by atoms with E-state index in [1.807, 2.05) is 49.1 Å². The van der Waals surface area contributed by atoms with Crippen LogP contribution in [-0.4, -0.2) is 29.1 Å². The molecule has 0 amide bonds. The largest absolute Gasteiger partial charge is 0.454 e. The van der Waals surface area contributed by atoms with E-state index in [2.05, 4.69) is 102 Å². The molecule has 214 valence electrons. The molecular weight excluding hydrogens is 572 g/mol. The highest BCUT2D eigenvalue weighted by Gasteiger charge is 2.22. The van der Waals surface area contributed by atoms with Crippen molar-refractivity contribution in [1.82, 2.24) is 29.1 Å². The van der Waals surface area contributed by atoms with Crippen molar-refractivity contribution in [2.75, 3.05) is 0 Å². The predicted octanol–water partition coefficient (Wildman–Crippen LogP) is 9.26. The Bertz CT molecular complexity index is 2740. The number of hydrogen-bond acceptors (Lipinski definition) is 6. The first-order valence-corrected chi connectivity index (χ1v) is 15.0. The Morgan fingerprint density at radius 3 is 1.13 bits per heavy atom. The van der Waals surface area contributed by atoms with Gasteiger partial charge in [-0.3, -0.25) is 19.9 Å². The molecule has 0 aliphatic rings. The molecule has 11 aromatic rings. The standard InChI is InChI=1S/C38H20N6O2/c1-7-21-23-19-32-24(20-31(23)45-37(21)29(9-1)43-25-11-3-15-39-33(25)34-26(43)12-4-16-40-34)22-8-2-10-30(38(22)46-32)44-27-13-5-17-41-35(27)36-28(44)14-6-18-42-36/h1-20H. The van der Waals surface area contributed by atoms with Crippen LogP contribution in [0.5, 0.6) is 0 Å². The Morgan fingerprint density at radius 1 is 0.391 bits per heavy atom. The van der Waals surface area contributed by atoms with E-state index in [1.165, 1.54) is 0 Å². The summed E-state index contributed by atoms with van der Waals surface area (Å²) in [5.74, 6) is 0. The van der Waals surface area contributed by atoms with Crippen LogP contribution in [0, 0.1) is 0 Å². The number of nitrogens with zero attached hydrogens (tertiary/aromatic N) is 6. The zero-order chi connectivity index (χ0) is 29.9. The molecule has 0 N–H and O–H groups in total. The molecule has 0 bridgehead atoms. The number of fused-ring (bicyclic) bond motifs is 12. The first-order valence-electron chi connectivity index (χ1n) is 15.0. The van der Waals surface area contributed by atoms with Crippen LogP contribution in [-0.2, 0) is 0 Å². The van der Waals surface area contributed by atoms with E-state index in [9.17, 15) is 0 Å². The fourth-order valence-electron chi connectivity index (χ4n) is 7.23. The summed E-state index contributed by atoms with van der Waals surface area (Å²) >= 11 is 0. The summed E-state index contributed by atoms with van der Waals surface area (Å²) in [4.78, 5) is 18.6. The Labute approximate surface area is 258 Å². The van der Waals surface area contributed by atoms with Crippen LogP contribution in [0.4, 0.5) is 0 Å². The Balaban J connectivity index is 1.18. The van der Waals surface area contributed by atoms with Crippen molar-refractivity contribution in [2.45, 2.75) is 0 Å². The molecule has 3 aromatic carbocycles. The van der Waals surface area contributed by atoms with Crippen LogP contribution >= 0.6 is 0 Å². The first-order chi connectivity index (χ1) is 22.8. The Hall–Kier alpha value is -6.54. The van der Waals surface area contributed by atoms with Crippen LogP contribution in [0.3, 0.4) is 0 Å². The van der Waals surface area contributed by atoms with Gasteiger partial charge in [0.25, 0.3) is 0 Å². The third kappa shape index (κ3) is 2.97. The van der Waals surface area contributed by atoms with Gasteiger partial charge >= 0.3 is 0 Å². The van der Waals surface area contributed by atoms with Crippen molar-refractivity contribution < 1.29 is 8.83 Å². The van der Waals surface area contributed by atoms with Crippen LogP contribution in [0.25, 0.3) is 99.4 Å². The zero-order valence-electron chi connectivity index (χ0n) is 24.0. The minimum atomic E-state index is 0.797. The van der Waals surface area contributed by atoms with E-state index in [4.69, 9.17) is 8.83 Å². The molecule has 0 saturated carbocycles. The summed E-state index contributed by atoms with van der Waals surface area (Å²) in [7, 11) is 0. The molecule has 0 fully saturated rings. The molecule has 8 aromatic heterocycles. The second-order valence-electron chi connectivity index (χ2n) is 11.5. The molecule has 0 atom stereocenters. The van der Waals surface area contributed by atoms with Gasteiger partial charge in [0.05, 0.1) is 33.4 Å². The maximum atomic E-state index is 6.72. The molecule has 0 unspecified atom stereocenters. The summed E-state index contributed by atoms with van der Waals surface area (Å²) in [6, 6.07) is 32.9. The molecule has 8 nitrogen and oxygen atoms in total. The molecule has 0 radical (unpaired) electrons. The molecular formula is C38H20N6O2. The smallest absolute Gasteiger partial charge is 0.159 e. The predicted molar refractivity (Wildman–Crippen MR) is 181 cm³/mol. The minimum absolute atomic E-state index is 0.797. The first kappa shape index (κ1) is 23.9. The number of para-hydroxylation sites is 2. The summed E-state index contributed by atoms with van der Waals surface area (Å²) < 4.78 is 17.8. The van der Waals surface area contributed by atoms with Gasteiger partial charge in [-0.05, 0) is 72.8 Å². The highest BCUT2D eigenvalue weighted by atomic mass is 16.3. The highest BCUT2D eigenvalue weighted by molar-refractivity contribution is 6.17. The summed E-state index contributed by atoms with van der Waals surface area (Å²) in [5.41, 5.74) is 12.4.